The zero-order valence-corrected chi connectivity index (χ0v) is 14.8. The Kier molecular flexibility index (Phi) is 4.66. The summed E-state index contributed by atoms with van der Waals surface area (Å²) in [4.78, 5) is 12.3. The molecule has 0 aliphatic carbocycles. The minimum absolute atomic E-state index is 0.162. The number of ether oxygens (including phenoxy) is 3. The van der Waals surface area contributed by atoms with E-state index >= 15 is 0 Å². The molecule has 3 aromatic rings. The molecule has 1 aliphatic heterocycles. The molecule has 4 rings (SSSR count). The molecule has 0 bridgehead atoms. The van der Waals surface area contributed by atoms with Crippen molar-refractivity contribution in [2.24, 2.45) is 0 Å². The van der Waals surface area contributed by atoms with E-state index in [4.69, 9.17) is 14.2 Å². The molecule has 1 aliphatic rings. The van der Waals surface area contributed by atoms with Gasteiger partial charge in [0, 0.05) is 5.56 Å². The van der Waals surface area contributed by atoms with Gasteiger partial charge in [0.15, 0.2) is 17.7 Å². The van der Waals surface area contributed by atoms with E-state index in [1.165, 1.54) is 0 Å². The van der Waals surface area contributed by atoms with Crippen LogP contribution < -0.4 is 19.5 Å². The van der Waals surface area contributed by atoms with Crippen LogP contribution in [-0.2, 0) is 6.61 Å². The zero-order chi connectivity index (χ0) is 18.6. The van der Waals surface area contributed by atoms with E-state index < -0.39 is 6.23 Å². The van der Waals surface area contributed by atoms with Gasteiger partial charge in [-0.3, -0.25) is 4.79 Å². The average molecular weight is 361 g/mol. The Morgan fingerprint density at radius 1 is 0.963 bits per heavy atom. The van der Waals surface area contributed by atoms with Gasteiger partial charge >= 0.3 is 0 Å². The largest absolute Gasteiger partial charge is 0.493 e. The number of fused-ring (bicyclic) bond motifs is 1. The molecule has 3 aromatic carbocycles. The number of benzene rings is 3. The van der Waals surface area contributed by atoms with Crippen LogP contribution in [0.5, 0.6) is 17.2 Å². The SMILES string of the molecule is COc1cc([C@@H]2NC(=O)c3ccccc3O2)ccc1OCc1ccccc1. The first-order chi connectivity index (χ1) is 13.2. The number of hydrogen-bond donors (Lipinski definition) is 1. The normalized spacial score (nSPS) is 15.3. The standard InChI is InChI=1S/C22H19NO4/c1-25-20-13-16(11-12-19(20)26-14-15-7-3-2-4-8-15)22-23-21(24)17-9-5-6-10-18(17)27-22/h2-13,22H,14H2,1H3,(H,23,24)/t22-/m1/s1. The van der Waals surface area contributed by atoms with Crippen LogP contribution in [0.25, 0.3) is 0 Å². The summed E-state index contributed by atoms with van der Waals surface area (Å²) in [5.41, 5.74) is 2.38. The molecule has 27 heavy (non-hydrogen) atoms. The smallest absolute Gasteiger partial charge is 0.258 e. The minimum Gasteiger partial charge on any atom is -0.493 e. The number of carbonyl (C=O) groups excluding carboxylic acids is 1. The van der Waals surface area contributed by atoms with Crippen LogP contribution in [0.4, 0.5) is 0 Å². The number of methoxy groups -OCH3 is 1. The predicted octanol–water partition coefficient (Wildman–Crippen LogP) is 4.10. The molecule has 0 radical (unpaired) electrons. The molecule has 1 amide bonds. The summed E-state index contributed by atoms with van der Waals surface area (Å²) in [6.07, 6.45) is -0.579. The van der Waals surface area contributed by atoms with Gasteiger partial charge in [0.25, 0.3) is 5.91 Å². The highest BCUT2D eigenvalue weighted by Crippen LogP contribution is 2.34. The predicted molar refractivity (Wildman–Crippen MR) is 101 cm³/mol. The summed E-state index contributed by atoms with van der Waals surface area (Å²) in [6.45, 7) is 0.445. The molecular weight excluding hydrogens is 342 g/mol. The summed E-state index contributed by atoms with van der Waals surface area (Å²) >= 11 is 0. The molecule has 0 unspecified atom stereocenters. The molecular formula is C22H19NO4. The Hall–Kier alpha value is -3.47. The fraction of sp³-hybridized carbons (Fsp3) is 0.136. The van der Waals surface area contributed by atoms with Crippen molar-refractivity contribution in [1.29, 1.82) is 0 Å². The molecule has 5 nitrogen and oxygen atoms in total. The van der Waals surface area contributed by atoms with Gasteiger partial charge in [0.2, 0.25) is 0 Å². The number of para-hydroxylation sites is 1. The molecule has 0 saturated heterocycles. The van der Waals surface area contributed by atoms with Crippen molar-refractivity contribution < 1.29 is 19.0 Å². The Bertz CT molecular complexity index is 956. The summed E-state index contributed by atoms with van der Waals surface area (Å²) in [5.74, 6) is 1.62. The van der Waals surface area contributed by atoms with E-state index in [2.05, 4.69) is 5.32 Å². The fourth-order valence-corrected chi connectivity index (χ4v) is 2.96. The number of nitrogens with one attached hydrogen (secondary N) is 1. The van der Waals surface area contributed by atoms with Gasteiger partial charge in [-0.1, -0.05) is 42.5 Å². The molecule has 1 atom stereocenters. The van der Waals surface area contributed by atoms with E-state index in [0.717, 1.165) is 11.1 Å². The third-order valence-corrected chi connectivity index (χ3v) is 4.37. The molecule has 0 fully saturated rings. The van der Waals surface area contributed by atoms with Gasteiger partial charge in [-0.05, 0) is 35.9 Å². The summed E-state index contributed by atoms with van der Waals surface area (Å²) in [7, 11) is 1.59. The average Bonchev–Trinajstić information content (AvgIpc) is 2.73. The number of amides is 1. The zero-order valence-electron chi connectivity index (χ0n) is 14.8. The van der Waals surface area contributed by atoms with E-state index in [1.807, 2.05) is 60.7 Å². The van der Waals surface area contributed by atoms with Crippen LogP contribution in [0.3, 0.4) is 0 Å². The topological polar surface area (TPSA) is 56.8 Å². The summed E-state index contributed by atoms with van der Waals surface area (Å²) in [6, 6.07) is 22.6. The highest BCUT2D eigenvalue weighted by Gasteiger charge is 2.26. The Labute approximate surface area is 157 Å². The Morgan fingerprint density at radius 3 is 2.56 bits per heavy atom. The van der Waals surface area contributed by atoms with Crippen molar-refractivity contribution in [1.82, 2.24) is 5.32 Å². The summed E-state index contributed by atoms with van der Waals surface area (Å²) in [5, 5.41) is 2.86. The lowest BCUT2D eigenvalue weighted by atomic mass is 10.1. The molecule has 0 aromatic heterocycles. The second-order valence-corrected chi connectivity index (χ2v) is 6.15. The van der Waals surface area contributed by atoms with E-state index in [0.29, 0.717) is 29.4 Å². The second-order valence-electron chi connectivity index (χ2n) is 6.15. The minimum atomic E-state index is -0.579. The monoisotopic (exact) mass is 361 g/mol. The van der Waals surface area contributed by atoms with Gasteiger partial charge < -0.3 is 19.5 Å². The van der Waals surface area contributed by atoms with Gasteiger partial charge in [0.1, 0.15) is 12.4 Å². The van der Waals surface area contributed by atoms with Crippen molar-refractivity contribution in [2.75, 3.05) is 7.11 Å². The lowest BCUT2D eigenvalue weighted by Crippen LogP contribution is -2.36. The second kappa shape index (κ2) is 7.41. The van der Waals surface area contributed by atoms with Gasteiger partial charge in [-0.25, -0.2) is 0 Å². The highest BCUT2D eigenvalue weighted by atomic mass is 16.5. The molecule has 1 N–H and O–H groups in total. The van der Waals surface area contributed by atoms with Crippen molar-refractivity contribution in [2.45, 2.75) is 12.8 Å². The molecule has 5 heteroatoms. The lowest BCUT2D eigenvalue weighted by Gasteiger charge is -2.27. The van der Waals surface area contributed by atoms with Crippen LogP contribution in [0.15, 0.2) is 72.8 Å². The first-order valence-corrected chi connectivity index (χ1v) is 8.66. The third kappa shape index (κ3) is 3.58. The van der Waals surface area contributed by atoms with Crippen LogP contribution in [0.1, 0.15) is 27.7 Å². The van der Waals surface area contributed by atoms with E-state index in [1.54, 1.807) is 19.2 Å². The quantitative estimate of drug-likeness (QED) is 0.743. The van der Waals surface area contributed by atoms with Crippen LogP contribution >= 0.6 is 0 Å². The first-order valence-electron chi connectivity index (χ1n) is 8.66. The third-order valence-electron chi connectivity index (χ3n) is 4.37. The van der Waals surface area contributed by atoms with Crippen molar-refractivity contribution in [3.05, 3.63) is 89.5 Å². The van der Waals surface area contributed by atoms with Gasteiger partial charge in [-0.15, -0.1) is 0 Å². The molecule has 1 heterocycles. The maximum atomic E-state index is 12.3. The highest BCUT2D eigenvalue weighted by molar-refractivity contribution is 5.98. The van der Waals surface area contributed by atoms with Crippen molar-refractivity contribution >= 4 is 5.91 Å². The lowest BCUT2D eigenvalue weighted by molar-refractivity contribution is 0.0755. The van der Waals surface area contributed by atoms with Crippen LogP contribution in [0.2, 0.25) is 0 Å². The van der Waals surface area contributed by atoms with E-state index in [9.17, 15) is 4.79 Å². The maximum Gasteiger partial charge on any atom is 0.258 e. The Balaban J connectivity index is 1.54. The first kappa shape index (κ1) is 17.0. The molecule has 136 valence electrons. The molecule has 0 saturated carbocycles. The number of carbonyl (C=O) groups is 1. The fourth-order valence-electron chi connectivity index (χ4n) is 2.96. The van der Waals surface area contributed by atoms with E-state index in [-0.39, 0.29) is 5.91 Å². The number of rotatable bonds is 5. The van der Waals surface area contributed by atoms with Gasteiger partial charge in [-0.2, -0.15) is 0 Å². The number of hydrogen-bond acceptors (Lipinski definition) is 4. The van der Waals surface area contributed by atoms with Crippen molar-refractivity contribution in [3.63, 3.8) is 0 Å². The maximum absolute atomic E-state index is 12.3. The summed E-state index contributed by atoms with van der Waals surface area (Å²) < 4.78 is 17.3. The van der Waals surface area contributed by atoms with Crippen molar-refractivity contribution in [3.8, 4) is 17.2 Å². The van der Waals surface area contributed by atoms with Crippen LogP contribution in [0, 0.1) is 0 Å². The molecule has 0 spiro atoms. The van der Waals surface area contributed by atoms with Gasteiger partial charge in [0.05, 0.1) is 12.7 Å². The van der Waals surface area contributed by atoms with Crippen LogP contribution in [-0.4, -0.2) is 13.0 Å². The Morgan fingerprint density at radius 2 is 1.74 bits per heavy atom.